The molecule has 0 bridgehead atoms. The van der Waals surface area contributed by atoms with Crippen LogP contribution in [0.1, 0.15) is 12.8 Å². The Kier molecular flexibility index (Phi) is 2.63. The number of amides is 1. The van der Waals surface area contributed by atoms with Crippen LogP contribution in [-0.2, 0) is 4.74 Å². The minimum absolute atomic E-state index is 0.185. The third-order valence-electron chi connectivity index (χ3n) is 3.27. The van der Waals surface area contributed by atoms with Gasteiger partial charge >= 0.3 is 6.09 Å². The minimum atomic E-state index is -0.185. The zero-order valence-corrected chi connectivity index (χ0v) is 8.61. The number of fused-ring (bicyclic) bond motifs is 1. The van der Waals surface area contributed by atoms with Crippen LogP contribution in [0.2, 0.25) is 0 Å². The highest BCUT2D eigenvalue weighted by atomic mass is 16.5. The molecule has 0 aliphatic carbocycles. The molecule has 0 radical (unpaired) electrons. The van der Waals surface area contributed by atoms with Crippen molar-refractivity contribution in [2.75, 3.05) is 26.7 Å². The van der Waals surface area contributed by atoms with Crippen molar-refractivity contribution in [3.63, 3.8) is 0 Å². The summed E-state index contributed by atoms with van der Waals surface area (Å²) < 4.78 is 4.78. The van der Waals surface area contributed by atoms with Crippen molar-refractivity contribution < 1.29 is 9.53 Å². The highest BCUT2D eigenvalue weighted by Gasteiger charge is 2.38. The van der Waals surface area contributed by atoms with Crippen molar-refractivity contribution in [1.82, 2.24) is 9.80 Å². The van der Waals surface area contributed by atoms with Gasteiger partial charge in [-0.1, -0.05) is 0 Å². The summed E-state index contributed by atoms with van der Waals surface area (Å²) in [6, 6.07) is 0.327. The number of hydrogen-bond donors (Lipinski definition) is 0. The van der Waals surface area contributed by atoms with E-state index >= 15 is 0 Å². The molecule has 80 valence electrons. The van der Waals surface area contributed by atoms with Gasteiger partial charge in [0, 0.05) is 12.6 Å². The van der Waals surface area contributed by atoms with E-state index in [1.165, 1.54) is 13.5 Å². The number of methoxy groups -OCH3 is 1. The molecular weight excluding hydrogens is 180 g/mol. The number of rotatable bonds is 0. The van der Waals surface area contributed by atoms with Crippen LogP contribution in [0, 0.1) is 13.0 Å². The van der Waals surface area contributed by atoms with Gasteiger partial charge in [0.05, 0.1) is 7.11 Å². The van der Waals surface area contributed by atoms with Gasteiger partial charge in [0.25, 0.3) is 0 Å². The maximum absolute atomic E-state index is 11.5. The third-order valence-corrected chi connectivity index (χ3v) is 3.27. The zero-order chi connectivity index (χ0) is 10.1. The first-order chi connectivity index (χ1) is 6.72. The van der Waals surface area contributed by atoms with Crippen molar-refractivity contribution in [3.05, 3.63) is 7.05 Å². The first-order valence-corrected chi connectivity index (χ1v) is 5.12. The van der Waals surface area contributed by atoms with E-state index in [0.717, 1.165) is 26.1 Å². The van der Waals surface area contributed by atoms with Crippen molar-refractivity contribution in [2.24, 2.45) is 5.92 Å². The second kappa shape index (κ2) is 3.77. The molecule has 4 nitrogen and oxygen atoms in total. The summed E-state index contributed by atoms with van der Waals surface area (Å²) in [7, 11) is 5.38. The van der Waals surface area contributed by atoms with E-state index in [-0.39, 0.29) is 6.09 Å². The van der Waals surface area contributed by atoms with Crippen molar-refractivity contribution in [2.45, 2.75) is 18.9 Å². The summed E-state index contributed by atoms with van der Waals surface area (Å²) in [4.78, 5) is 15.4. The number of carbonyl (C=O) groups is 1. The van der Waals surface area contributed by atoms with Gasteiger partial charge in [-0.2, -0.15) is 0 Å². The monoisotopic (exact) mass is 197 g/mol. The van der Waals surface area contributed by atoms with Crippen LogP contribution in [0.25, 0.3) is 0 Å². The van der Waals surface area contributed by atoms with Gasteiger partial charge < -0.3 is 14.5 Å². The number of nitrogens with zero attached hydrogens (tertiary/aromatic N) is 2. The average Bonchev–Trinajstić information content (AvgIpc) is 2.56. The van der Waals surface area contributed by atoms with E-state index in [1.54, 1.807) is 0 Å². The van der Waals surface area contributed by atoms with E-state index < -0.39 is 0 Å². The number of piperidine rings is 1. The zero-order valence-electron chi connectivity index (χ0n) is 8.61. The summed E-state index contributed by atoms with van der Waals surface area (Å²) in [5.41, 5.74) is 0. The topological polar surface area (TPSA) is 32.8 Å². The summed E-state index contributed by atoms with van der Waals surface area (Å²) in [6.07, 6.45) is 2.11. The first kappa shape index (κ1) is 9.77. The van der Waals surface area contributed by atoms with Crippen LogP contribution in [-0.4, -0.2) is 48.7 Å². The van der Waals surface area contributed by atoms with E-state index in [2.05, 4.69) is 11.9 Å². The minimum Gasteiger partial charge on any atom is -0.457 e. The summed E-state index contributed by atoms with van der Waals surface area (Å²) >= 11 is 0. The Labute approximate surface area is 84.8 Å². The van der Waals surface area contributed by atoms with Crippen LogP contribution in [0.5, 0.6) is 0 Å². The average molecular weight is 197 g/mol. The lowest BCUT2D eigenvalue weighted by Gasteiger charge is -2.36. The number of ether oxygens (including phenoxy) is 1. The second-order valence-corrected chi connectivity index (χ2v) is 4.17. The molecule has 2 fully saturated rings. The fourth-order valence-corrected chi connectivity index (χ4v) is 2.61. The fourth-order valence-electron chi connectivity index (χ4n) is 2.61. The lowest BCUT2D eigenvalue weighted by Crippen LogP contribution is -2.48. The molecule has 2 atom stereocenters. The van der Waals surface area contributed by atoms with Crippen LogP contribution in [0.3, 0.4) is 0 Å². The molecule has 1 amide bonds. The molecule has 0 spiro atoms. The van der Waals surface area contributed by atoms with Crippen molar-refractivity contribution >= 4 is 6.09 Å². The van der Waals surface area contributed by atoms with Gasteiger partial charge in [-0.25, -0.2) is 4.79 Å². The van der Waals surface area contributed by atoms with Gasteiger partial charge in [-0.3, -0.25) is 7.05 Å². The summed E-state index contributed by atoms with van der Waals surface area (Å²) in [6.45, 7) is 2.74. The predicted octanol–water partition coefficient (Wildman–Crippen LogP) is 0.941. The van der Waals surface area contributed by atoms with Crippen molar-refractivity contribution in [3.8, 4) is 0 Å². The molecule has 0 aromatic heterocycles. The van der Waals surface area contributed by atoms with Gasteiger partial charge in [-0.15, -0.1) is 0 Å². The third kappa shape index (κ3) is 1.59. The van der Waals surface area contributed by atoms with Gasteiger partial charge in [0.1, 0.15) is 0 Å². The predicted molar refractivity (Wildman–Crippen MR) is 52.6 cm³/mol. The highest BCUT2D eigenvalue weighted by Crippen LogP contribution is 2.30. The first-order valence-electron chi connectivity index (χ1n) is 5.12. The molecule has 0 saturated carbocycles. The van der Waals surface area contributed by atoms with Gasteiger partial charge in [0.2, 0.25) is 0 Å². The maximum Gasteiger partial charge on any atom is 0.409 e. The second-order valence-electron chi connectivity index (χ2n) is 4.17. The SMILES string of the molecule is [CH2-]N1C[C@H]2CCCN(C(=O)OC)[C@H]2C1. The molecule has 0 N–H and O–H groups in total. The Morgan fingerprint density at radius 1 is 1.50 bits per heavy atom. The molecule has 2 heterocycles. The number of likely N-dealkylation sites (tertiary alicyclic amines) is 2. The Balaban J connectivity index is 2.07. The molecular formula is C10H17N2O2-. The van der Waals surface area contributed by atoms with Crippen LogP contribution in [0.15, 0.2) is 0 Å². The molecule has 0 unspecified atom stereocenters. The quantitative estimate of drug-likeness (QED) is 0.542. The highest BCUT2D eigenvalue weighted by molar-refractivity contribution is 5.68. The van der Waals surface area contributed by atoms with E-state index in [4.69, 9.17) is 4.74 Å². The van der Waals surface area contributed by atoms with Crippen LogP contribution < -0.4 is 0 Å². The molecule has 2 rings (SSSR count). The Hall–Kier alpha value is -0.770. The molecule has 0 aromatic carbocycles. The molecule has 2 aliphatic rings. The Bertz CT molecular complexity index is 232. The molecule has 14 heavy (non-hydrogen) atoms. The standard InChI is InChI=1S/C10H17N2O2/c1-11-6-8-4-3-5-12(9(8)7-11)10(13)14-2/h8-9H,1,3-7H2,2H3/q-1/t8-,9+/m1/s1. The van der Waals surface area contributed by atoms with Gasteiger partial charge in [-0.05, 0) is 31.8 Å². The maximum atomic E-state index is 11.5. The van der Waals surface area contributed by atoms with E-state index in [0.29, 0.717) is 12.0 Å². The molecule has 2 aliphatic heterocycles. The Morgan fingerprint density at radius 3 is 3.00 bits per heavy atom. The Morgan fingerprint density at radius 2 is 2.29 bits per heavy atom. The molecule has 0 aromatic rings. The fraction of sp³-hybridized carbons (Fsp3) is 0.800. The van der Waals surface area contributed by atoms with Crippen molar-refractivity contribution in [1.29, 1.82) is 0 Å². The molecule has 4 heteroatoms. The lowest BCUT2D eigenvalue weighted by molar-refractivity contribution is 0.0806. The van der Waals surface area contributed by atoms with Gasteiger partial charge in [0.15, 0.2) is 0 Å². The number of hydrogen-bond acceptors (Lipinski definition) is 3. The normalized spacial score (nSPS) is 32.9. The largest absolute Gasteiger partial charge is 0.457 e. The summed E-state index contributed by atoms with van der Waals surface area (Å²) in [5, 5.41) is 0. The van der Waals surface area contributed by atoms with E-state index in [9.17, 15) is 4.79 Å². The molecule has 2 saturated heterocycles. The smallest absolute Gasteiger partial charge is 0.409 e. The lowest BCUT2D eigenvalue weighted by atomic mass is 9.92. The van der Waals surface area contributed by atoms with E-state index in [1.807, 2.05) is 4.90 Å². The van der Waals surface area contributed by atoms with Crippen LogP contribution in [0.4, 0.5) is 4.79 Å². The van der Waals surface area contributed by atoms with Crippen LogP contribution >= 0.6 is 0 Å². The summed E-state index contributed by atoms with van der Waals surface area (Å²) in [5.74, 6) is 0.598. The number of carbonyl (C=O) groups excluding carboxylic acids is 1.